The highest BCUT2D eigenvalue weighted by Gasteiger charge is 2.24. The minimum Gasteiger partial charge on any atom is -0.481 e. The van der Waals surface area contributed by atoms with Crippen molar-refractivity contribution < 1.29 is 9.90 Å². The van der Waals surface area contributed by atoms with Crippen molar-refractivity contribution in [3.63, 3.8) is 0 Å². The van der Waals surface area contributed by atoms with Gasteiger partial charge in [0.05, 0.1) is 6.42 Å². The van der Waals surface area contributed by atoms with Crippen LogP contribution in [0.5, 0.6) is 0 Å². The van der Waals surface area contributed by atoms with Crippen LogP contribution >= 0.6 is 11.8 Å². The summed E-state index contributed by atoms with van der Waals surface area (Å²) in [7, 11) is 0. The Hall–Kier alpha value is -0.220. The van der Waals surface area contributed by atoms with Gasteiger partial charge in [-0.2, -0.15) is 11.8 Å². The number of hydrogen-bond donors (Lipinski definition) is 2. The third-order valence-corrected chi connectivity index (χ3v) is 3.67. The van der Waals surface area contributed by atoms with Crippen LogP contribution in [0.25, 0.3) is 0 Å². The predicted molar refractivity (Wildman–Crippen MR) is 61.6 cm³/mol. The zero-order valence-corrected chi connectivity index (χ0v) is 10.0. The molecular weight excluding hydrogens is 198 g/mol. The quantitative estimate of drug-likeness (QED) is 0.687. The lowest BCUT2D eigenvalue weighted by Crippen LogP contribution is -2.37. The molecule has 0 aliphatic rings. The smallest absolute Gasteiger partial charge is 0.304 e. The first kappa shape index (κ1) is 13.8. The monoisotopic (exact) mass is 219 g/mol. The highest BCUT2D eigenvalue weighted by molar-refractivity contribution is 7.99. The number of aliphatic carboxylic acids is 1. The highest BCUT2D eigenvalue weighted by Crippen LogP contribution is 2.25. The molecule has 0 amide bonds. The maximum atomic E-state index is 10.5. The van der Waals surface area contributed by atoms with Crippen molar-refractivity contribution in [2.75, 3.05) is 5.75 Å². The number of rotatable bonds is 7. The SMILES string of the molecule is CCS[C@@H](C)[C@@H](CC)[C@H](N)CC(=O)O. The molecular formula is C10H21NO2S. The summed E-state index contributed by atoms with van der Waals surface area (Å²) in [5.41, 5.74) is 5.87. The number of thioether (sulfide) groups is 1. The number of carbonyl (C=O) groups is 1. The summed E-state index contributed by atoms with van der Waals surface area (Å²) in [5, 5.41) is 9.10. The Balaban J connectivity index is 4.16. The van der Waals surface area contributed by atoms with E-state index in [0.29, 0.717) is 11.2 Å². The van der Waals surface area contributed by atoms with Gasteiger partial charge in [0.15, 0.2) is 0 Å². The van der Waals surface area contributed by atoms with Crippen LogP contribution in [-0.2, 0) is 4.79 Å². The highest BCUT2D eigenvalue weighted by atomic mass is 32.2. The lowest BCUT2D eigenvalue weighted by Gasteiger charge is -2.26. The molecule has 0 spiro atoms. The molecule has 0 aliphatic carbocycles. The number of carboxylic acids is 1. The molecule has 3 atom stereocenters. The molecule has 4 heteroatoms. The molecule has 0 saturated carbocycles. The number of hydrogen-bond acceptors (Lipinski definition) is 3. The van der Waals surface area contributed by atoms with E-state index in [4.69, 9.17) is 10.8 Å². The van der Waals surface area contributed by atoms with Gasteiger partial charge in [-0.25, -0.2) is 0 Å². The fraction of sp³-hybridized carbons (Fsp3) is 0.900. The largest absolute Gasteiger partial charge is 0.481 e. The second-order valence-corrected chi connectivity index (χ2v) is 5.15. The van der Waals surface area contributed by atoms with E-state index in [0.717, 1.165) is 12.2 Å². The van der Waals surface area contributed by atoms with Crippen molar-refractivity contribution in [2.24, 2.45) is 11.7 Å². The lowest BCUT2D eigenvalue weighted by atomic mass is 9.92. The Bertz CT molecular complexity index is 176. The van der Waals surface area contributed by atoms with Gasteiger partial charge >= 0.3 is 5.97 Å². The standard InChI is InChI=1S/C10H21NO2S/c1-4-8(7(3)14-5-2)9(11)6-10(12)13/h7-9H,4-6,11H2,1-3H3,(H,12,13)/t7-,8+,9+/m0/s1. The topological polar surface area (TPSA) is 63.3 Å². The fourth-order valence-electron chi connectivity index (χ4n) is 1.72. The van der Waals surface area contributed by atoms with Crippen molar-refractivity contribution in [3.05, 3.63) is 0 Å². The zero-order valence-electron chi connectivity index (χ0n) is 9.19. The first-order valence-electron chi connectivity index (χ1n) is 5.11. The molecule has 0 radical (unpaired) electrons. The van der Waals surface area contributed by atoms with Gasteiger partial charge in [-0.3, -0.25) is 4.79 Å². The van der Waals surface area contributed by atoms with Crippen LogP contribution in [0.1, 0.15) is 33.6 Å². The average Bonchev–Trinajstić information content (AvgIpc) is 2.04. The van der Waals surface area contributed by atoms with Gasteiger partial charge in [0, 0.05) is 11.3 Å². The zero-order chi connectivity index (χ0) is 11.1. The van der Waals surface area contributed by atoms with Gasteiger partial charge in [-0.1, -0.05) is 27.2 Å². The normalized spacial score (nSPS) is 17.4. The van der Waals surface area contributed by atoms with Gasteiger partial charge in [-0.05, 0) is 11.7 Å². The van der Waals surface area contributed by atoms with Crippen molar-refractivity contribution in [2.45, 2.75) is 44.9 Å². The van der Waals surface area contributed by atoms with E-state index in [1.807, 2.05) is 11.8 Å². The molecule has 0 bridgehead atoms. The third kappa shape index (κ3) is 4.86. The molecule has 84 valence electrons. The Kier molecular flexibility index (Phi) is 7.01. The molecule has 3 N–H and O–H groups in total. The summed E-state index contributed by atoms with van der Waals surface area (Å²) < 4.78 is 0. The summed E-state index contributed by atoms with van der Waals surface area (Å²) in [4.78, 5) is 10.5. The van der Waals surface area contributed by atoms with Crippen LogP contribution < -0.4 is 5.73 Å². The average molecular weight is 219 g/mol. The van der Waals surface area contributed by atoms with Gasteiger partial charge in [0.1, 0.15) is 0 Å². The summed E-state index contributed by atoms with van der Waals surface area (Å²) in [6.45, 7) is 6.31. The predicted octanol–water partition coefficient (Wildman–Crippen LogP) is 1.96. The maximum absolute atomic E-state index is 10.5. The van der Waals surface area contributed by atoms with Gasteiger partial charge in [-0.15, -0.1) is 0 Å². The van der Waals surface area contributed by atoms with E-state index in [-0.39, 0.29) is 12.5 Å². The van der Waals surface area contributed by atoms with Crippen LogP contribution in [0.15, 0.2) is 0 Å². The molecule has 0 aliphatic heterocycles. The maximum Gasteiger partial charge on any atom is 0.304 e. The second-order valence-electron chi connectivity index (χ2n) is 3.49. The number of nitrogens with two attached hydrogens (primary N) is 1. The van der Waals surface area contributed by atoms with Crippen molar-refractivity contribution in [1.29, 1.82) is 0 Å². The van der Waals surface area contributed by atoms with Crippen LogP contribution in [0.2, 0.25) is 0 Å². The second kappa shape index (κ2) is 7.12. The van der Waals surface area contributed by atoms with Crippen molar-refractivity contribution in [3.8, 4) is 0 Å². The Morgan fingerprint density at radius 2 is 2.07 bits per heavy atom. The minimum atomic E-state index is -0.801. The molecule has 0 aromatic heterocycles. The summed E-state index contributed by atoms with van der Waals surface area (Å²) in [6, 6.07) is -0.216. The Morgan fingerprint density at radius 3 is 2.43 bits per heavy atom. The Labute approximate surface area is 90.4 Å². The summed E-state index contributed by atoms with van der Waals surface area (Å²) >= 11 is 1.85. The molecule has 0 heterocycles. The van der Waals surface area contributed by atoms with Crippen molar-refractivity contribution >= 4 is 17.7 Å². The molecule has 3 nitrogen and oxygen atoms in total. The molecule has 0 saturated heterocycles. The summed E-state index contributed by atoms with van der Waals surface area (Å²) in [5.74, 6) is 0.554. The molecule has 0 aromatic rings. The first-order chi connectivity index (χ1) is 6.52. The van der Waals surface area contributed by atoms with E-state index in [1.165, 1.54) is 0 Å². The fourth-order valence-corrected chi connectivity index (χ4v) is 2.89. The van der Waals surface area contributed by atoms with Crippen molar-refractivity contribution in [1.82, 2.24) is 0 Å². The Morgan fingerprint density at radius 1 is 1.50 bits per heavy atom. The minimum absolute atomic E-state index is 0.0765. The van der Waals surface area contributed by atoms with E-state index >= 15 is 0 Å². The van der Waals surface area contributed by atoms with Gasteiger partial charge in [0.2, 0.25) is 0 Å². The summed E-state index contributed by atoms with van der Waals surface area (Å²) in [6.07, 6.45) is 1.02. The molecule has 14 heavy (non-hydrogen) atoms. The van der Waals surface area contributed by atoms with Crippen LogP contribution in [0, 0.1) is 5.92 Å². The van der Waals surface area contributed by atoms with E-state index < -0.39 is 5.97 Å². The molecule has 0 rings (SSSR count). The number of carboxylic acid groups (broad SMARTS) is 1. The van der Waals surface area contributed by atoms with E-state index in [1.54, 1.807) is 0 Å². The molecule has 0 unspecified atom stereocenters. The van der Waals surface area contributed by atoms with E-state index in [2.05, 4.69) is 20.8 Å². The van der Waals surface area contributed by atoms with Crippen LogP contribution in [0.4, 0.5) is 0 Å². The van der Waals surface area contributed by atoms with Crippen LogP contribution in [0.3, 0.4) is 0 Å². The van der Waals surface area contributed by atoms with Gasteiger partial charge in [0.25, 0.3) is 0 Å². The first-order valence-corrected chi connectivity index (χ1v) is 6.16. The molecule has 0 fully saturated rings. The van der Waals surface area contributed by atoms with Gasteiger partial charge < -0.3 is 10.8 Å². The lowest BCUT2D eigenvalue weighted by molar-refractivity contribution is -0.137. The molecule has 0 aromatic carbocycles. The van der Waals surface area contributed by atoms with E-state index in [9.17, 15) is 4.79 Å². The van der Waals surface area contributed by atoms with Crippen LogP contribution in [-0.4, -0.2) is 28.1 Å². The third-order valence-electron chi connectivity index (χ3n) is 2.46.